The lowest BCUT2D eigenvalue weighted by molar-refractivity contribution is -0.115. The summed E-state index contributed by atoms with van der Waals surface area (Å²) < 4.78 is 41.5. The number of aromatic nitrogens is 2. The van der Waals surface area contributed by atoms with E-state index in [9.17, 15) is 17.6 Å². The number of anilines is 1. The number of hydrogen-bond donors (Lipinski definition) is 2. The first-order valence-electron chi connectivity index (χ1n) is 10.3. The number of thiazole rings is 1. The number of carbonyl (C=O) groups excluding carboxylic acids is 1. The number of fused-ring (bicyclic) bond motifs is 2. The minimum Gasteiger partial charge on any atom is -0.358 e. The Kier molecular flexibility index (Phi) is 5.23. The van der Waals surface area contributed by atoms with Crippen molar-refractivity contribution in [1.82, 2.24) is 14.3 Å². The molecule has 4 aromatic rings. The van der Waals surface area contributed by atoms with Gasteiger partial charge in [0, 0.05) is 29.7 Å². The summed E-state index contributed by atoms with van der Waals surface area (Å²) in [7, 11) is -3.52. The highest BCUT2D eigenvalue weighted by atomic mass is 32.2. The number of halogens is 1. The van der Waals surface area contributed by atoms with Crippen molar-refractivity contribution >= 4 is 53.5 Å². The quantitative estimate of drug-likeness (QED) is 0.455. The third-order valence-corrected chi connectivity index (χ3v) is 8.56. The number of aryl methyl sites for hydroxylation is 1. The molecule has 2 aromatic carbocycles. The van der Waals surface area contributed by atoms with Gasteiger partial charge in [-0.05, 0) is 61.7 Å². The zero-order chi connectivity index (χ0) is 22.5. The number of carbonyl (C=O) groups is 1. The molecule has 0 aliphatic carbocycles. The molecule has 1 saturated heterocycles. The van der Waals surface area contributed by atoms with Crippen LogP contribution in [0, 0.1) is 12.7 Å². The van der Waals surface area contributed by atoms with Gasteiger partial charge in [-0.3, -0.25) is 4.79 Å². The van der Waals surface area contributed by atoms with Crippen molar-refractivity contribution in [3.63, 3.8) is 0 Å². The maximum absolute atomic E-state index is 13.7. The van der Waals surface area contributed by atoms with E-state index in [1.165, 1.54) is 27.8 Å². The molecule has 0 spiro atoms. The smallest absolute Gasteiger partial charge is 0.243 e. The summed E-state index contributed by atoms with van der Waals surface area (Å²) in [5.41, 5.74) is 2.94. The van der Waals surface area contributed by atoms with Crippen LogP contribution in [-0.2, 0) is 21.2 Å². The number of nitrogens with one attached hydrogen (secondary N) is 2. The van der Waals surface area contributed by atoms with Crippen LogP contribution in [0.15, 0.2) is 41.3 Å². The molecule has 2 N–H and O–H groups in total. The van der Waals surface area contributed by atoms with E-state index in [0.717, 1.165) is 29.6 Å². The van der Waals surface area contributed by atoms with Crippen molar-refractivity contribution in [2.24, 2.45) is 0 Å². The van der Waals surface area contributed by atoms with Crippen molar-refractivity contribution in [2.75, 3.05) is 18.4 Å². The molecule has 0 bridgehead atoms. The zero-order valence-corrected chi connectivity index (χ0v) is 18.9. The second-order valence-electron chi connectivity index (χ2n) is 7.90. The van der Waals surface area contributed by atoms with E-state index < -0.39 is 10.0 Å². The number of aromatic amines is 1. The average molecular weight is 473 g/mol. The van der Waals surface area contributed by atoms with E-state index in [0.29, 0.717) is 33.8 Å². The van der Waals surface area contributed by atoms with Crippen LogP contribution in [0.5, 0.6) is 0 Å². The Morgan fingerprint density at radius 1 is 1.22 bits per heavy atom. The van der Waals surface area contributed by atoms with Gasteiger partial charge in [-0.1, -0.05) is 11.3 Å². The monoisotopic (exact) mass is 472 g/mol. The number of hydrogen-bond acceptors (Lipinski definition) is 5. The minimum absolute atomic E-state index is 0.0692. The van der Waals surface area contributed by atoms with Crippen LogP contribution in [0.4, 0.5) is 9.52 Å². The fourth-order valence-corrected chi connectivity index (χ4v) is 6.64. The molecular weight excluding hydrogens is 451 g/mol. The second kappa shape index (κ2) is 7.95. The van der Waals surface area contributed by atoms with Gasteiger partial charge in [0.05, 0.1) is 21.5 Å². The second-order valence-corrected chi connectivity index (χ2v) is 10.9. The fourth-order valence-electron chi connectivity index (χ4n) is 4.10. The first-order chi connectivity index (χ1) is 15.3. The number of rotatable bonds is 5. The van der Waals surface area contributed by atoms with E-state index in [4.69, 9.17) is 0 Å². The molecule has 0 unspecified atom stereocenters. The molecule has 0 radical (unpaired) electrons. The molecule has 32 heavy (non-hydrogen) atoms. The zero-order valence-electron chi connectivity index (χ0n) is 17.3. The predicted molar refractivity (Wildman–Crippen MR) is 123 cm³/mol. The molecule has 1 aliphatic rings. The van der Waals surface area contributed by atoms with Gasteiger partial charge < -0.3 is 10.3 Å². The lowest BCUT2D eigenvalue weighted by Crippen LogP contribution is -2.27. The highest BCUT2D eigenvalue weighted by molar-refractivity contribution is 7.89. The normalized spacial score (nSPS) is 15.1. The maximum atomic E-state index is 13.7. The largest absolute Gasteiger partial charge is 0.358 e. The van der Waals surface area contributed by atoms with Crippen molar-refractivity contribution in [2.45, 2.75) is 31.1 Å². The van der Waals surface area contributed by atoms with Crippen molar-refractivity contribution in [3.05, 3.63) is 53.5 Å². The van der Waals surface area contributed by atoms with Gasteiger partial charge in [-0.15, -0.1) is 0 Å². The van der Waals surface area contributed by atoms with Gasteiger partial charge in [0.15, 0.2) is 5.13 Å². The van der Waals surface area contributed by atoms with Crippen LogP contribution in [0.25, 0.3) is 21.1 Å². The van der Waals surface area contributed by atoms with Gasteiger partial charge in [0.2, 0.25) is 15.9 Å². The summed E-state index contributed by atoms with van der Waals surface area (Å²) in [5, 5.41) is 3.86. The topological polar surface area (TPSA) is 95.2 Å². The maximum Gasteiger partial charge on any atom is 0.243 e. The SMILES string of the molecule is Cc1[nH]c2ccc(F)cc2c1CC(=O)Nc1nc2ccc(S(=O)(=O)N3CCCC3)cc2s1. The van der Waals surface area contributed by atoms with Crippen LogP contribution >= 0.6 is 11.3 Å². The highest BCUT2D eigenvalue weighted by Crippen LogP contribution is 2.30. The molecule has 10 heteroatoms. The first-order valence-corrected chi connectivity index (χ1v) is 12.5. The van der Waals surface area contributed by atoms with Crippen LogP contribution in [-0.4, -0.2) is 41.7 Å². The minimum atomic E-state index is -3.52. The summed E-state index contributed by atoms with van der Waals surface area (Å²) in [6, 6.07) is 9.29. The Balaban J connectivity index is 1.37. The summed E-state index contributed by atoms with van der Waals surface area (Å²) in [5.74, 6) is -0.633. The Morgan fingerprint density at radius 3 is 2.78 bits per heavy atom. The summed E-state index contributed by atoms with van der Waals surface area (Å²) >= 11 is 1.23. The van der Waals surface area contributed by atoms with Gasteiger partial charge in [0.1, 0.15) is 5.82 Å². The first kappa shape index (κ1) is 21.0. The van der Waals surface area contributed by atoms with E-state index >= 15 is 0 Å². The number of amides is 1. The van der Waals surface area contributed by atoms with Gasteiger partial charge in [-0.2, -0.15) is 4.31 Å². The van der Waals surface area contributed by atoms with Crippen LogP contribution < -0.4 is 5.32 Å². The van der Waals surface area contributed by atoms with E-state index in [1.54, 1.807) is 24.3 Å². The number of benzene rings is 2. The average Bonchev–Trinajstić information content (AvgIpc) is 3.47. The van der Waals surface area contributed by atoms with Crippen molar-refractivity contribution in [1.29, 1.82) is 0 Å². The third-order valence-electron chi connectivity index (χ3n) is 5.73. The van der Waals surface area contributed by atoms with E-state index in [-0.39, 0.29) is 23.0 Å². The summed E-state index contributed by atoms with van der Waals surface area (Å²) in [4.78, 5) is 20.5. The Labute approximate surface area is 188 Å². The Morgan fingerprint density at radius 2 is 2.00 bits per heavy atom. The van der Waals surface area contributed by atoms with Crippen LogP contribution in [0.2, 0.25) is 0 Å². The molecule has 0 atom stereocenters. The van der Waals surface area contributed by atoms with E-state index in [2.05, 4.69) is 15.3 Å². The highest BCUT2D eigenvalue weighted by Gasteiger charge is 2.27. The molecule has 1 amide bonds. The number of H-pyrrole nitrogens is 1. The molecule has 0 saturated carbocycles. The third kappa shape index (κ3) is 3.78. The van der Waals surface area contributed by atoms with Crippen LogP contribution in [0.3, 0.4) is 0 Å². The molecule has 2 aromatic heterocycles. The van der Waals surface area contributed by atoms with Crippen molar-refractivity contribution < 1.29 is 17.6 Å². The Bertz CT molecular complexity index is 1450. The van der Waals surface area contributed by atoms with Gasteiger partial charge >= 0.3 is 0 Å². The molecule has 166 valence electrons. The number of nitrogens with zero attached hydrogens (tertiary/aromatic N) is 2. The molecule has 3 heterocycles. The van der Waals surface area contributed by atoms with Gasteiger partial charge in [-0.25, -0.2) is 17.8 Å². The molecule has 7 nitrogen and oxygen atoms in total. The number of sulfonamides is 1. The summed E-state index contributed by atoms with van der Waals surface area (Å²) in [6.07, 6.45) is 1.82. The van der Waals surface area contributed by atoms with Crippen LogP contribution in [0.1, 0.15) is 24.1 Å². The lowest BCUT2D eigenvalue weighted by Gasteiger charge is -2.15. The molecule has 1 fully saturated rings. The molecular formula is C22H21FN4O3S2. The molecule has 1 aliphatic heterocycles. The summed E-state index contributed by atoms with van der Waals surface area (Å²) in [6.45, 7) is 2.93. The lowest BCUT2D eigenvalue weighted by atomic mass is 10.1. The fraction of sp³-hybridized carbons (Fsp3) is 0.273. The predicted octanol–water partition coefficient (Wildman–Crippen LogP) is 4.19. The van der Waals surface area contributed by atoms with Gasteiger partial charge in [0.25, 0.3) is 0 Å². The Hall–Kier alpha value is -2.82. The van der Waals surface area contributed by atoms with Crippen molar-refractivity contribution in [3.8, 4) is 0 Å². The molecule has 5 rings (SSSR count). The van der Waals surface area contributed by atoms with E-state index in [1.807, 2.05) is 6.92 Å². The standard InChI is InChI=1S/C22H21FN4O3S2/c1-13-16(17-10-14(23)4-6-18(17)24-13)12-21(28)26-22-25-19-7-5-15(11-20(19)31-22)32(29,30)27-8-2-3-9-27/h4-7,10-11,24H,2-3,8-9,12H2,1H3,(H,25,26,28).